The lowest BCUT2D eigenvalue weighted by atomic mass is 9.94. The summed E-state index contributed by atoms with van der Waals surface area (Å²) in [6.07, 6.45) is 1.57. The Kier molecular flexibility index (Phi) is 2.02. The maximum atomic E-state index is 9.28. The van der Waals surface area contributed by atoms with Gasteiger partial charge in [-0.25, -0.2) is 0 Å². The highest BCUT2D eigenvalue weighted by atomic mass is 16.5. The molecule has 0 bridgehead atoms. The monoisotopic (exact) mass is 144 g/mol. The number of aliphatic hydroxyl groups excluding tert-OH is 1. The fourth-order valence-corrected chi connectivity index (χ4v) is 1.37. The van der Waals surface area contributed by atoms with E-state index in [1.54, 1.807) is 0 Å². The molecule has 1 aliphatic rings. The molecule has 0 aromatic heterocycles. The molecule has 2 unspecified atom stereocenters. The number of aliphatic hydroxyl groups is 1. The first-order valence-corrected chi connectivity index (χ1v) is 3.87. The summed E-state index contributed by atoms with van der Waals surface area (Å²) in [4.78, 5) is 0. The molecule has 1 fully saturated rings. The van der Waals surface area contributed by atoms with Crippen molar-refractivity contribution in [3.8, 4) is 0 Å². The summed E-state index contributed by atoms with van der Waals surface area (Å²) in [5, 5.41) is 9.28. The van der Waals surface area contributed by atoms with E-state index in [-0.39, 0.29) is 17.8 Å². The quantitative estimate of drug-likeness (QED) is 0.555. The normalized spacial score (nSPS) is 39.6. The lowest BCUT2D eigenvalue weighted by molar-refractivity contribution is -0.151. The van der Waals surface area contributed by atoms with Crippen molar-refractivity contribution in [1.82, 2.24) is 0 Å². The predicted molar refractivity (Wildman–Crippen MR) is 39.9 cm³/mol. The predicted octanol–water partition coefficient (Wildman–Crippen LogP) is 1.32. The molecule has 1 saturated heterocycles. The second kappa shape index (κ2) is 2.51. The maximum absolute atomic E-state index is 9.28. The van der Waals surface area contributed by atoms with Crippen LogP contribution < -0.4 is 0 Å². The van der Waals surface area contributed by atoms with Gasteiger partial charge in [-0.05, 0) is 33.6 Å². The third kappa shape index (κ3) is 1.70. The molecule has 0 spiro atoms. The Balaban J connectivity index is 2.49. The van der Waals surface area contributed by atoms with E-state index < -0.39 is 0 Å². The molecule has 1 rings (SSSR count). The highest BCUT2D eigenvalue weighted by Crippen LogP contribution is 2.27. The molecule has 1 N–H and O–H groups in total. The molecule has 0 saturated carbocycles. The third-order valence-corrected chi connectivity index (χ3v) is 2.09. The molecule has 10 heavy (non-hydrogen) atoms. The molecule has 2 atom stereocenters. The lowest BCUT2D eigenvalue weighted by Gasteiger charge is -2.37. The van der Waals surface area contributed by atoms with Gasteiger partial charge in [-0.2, -0.15) is 0 Å². The zero-order chi connectivity index (χ0) is 7.78. The minimum absolute atomic E-state index is 0.00347. The van der Waals surface area contributed by atoms with E-state index in [1.165, 1.54) is 0 Å². The van der Waals surface area contributed by atoms with Gasteiger partial charge in [-0.1, -0.05) is 0 Å². The SMILES string of the molecule is CC1OC(C)(C)CCC1O. The van der Waals surface area contributed by atoms with Gasteiger partial charge in [0.2, 0.25) is 0 Å². The number of hydrogen-bond donors (Lipinski definition) is 1. The molecular weight excluding hydrogens is 128 g/mol. The summed E-state index contributed by atoms with van der Waals surface area (Å²) < 4.78 is 5.54. The van der Waals surface area contributed by atoms with Crippen LogP contribution in [-0.2, 0) is 4.74 Å². The van der Waals surface area contributed by atoms with E-state index in [0.717, 1.165) is 12.8 Å². The van der Waals surface area contributed by atoms with Gasteiger partial charge in [0.25, 0.3) is 0 Å². The van der Waals surface area contributed by atoms with Crippen molar-refractivity contribution in [2.45, 2.75) is 51.4 Å². The van der Waals surface area contributed by atoms with Crippen molar-refractivity contribution in [1.29, 1.82) is 0 Å². The van der Waals surface area contributed by atoms with Crippen LogP contribution in [0.2, 0.25) is 0 Å². The van der Waals surface area contributed by atoms with Crippen molar-refractivity contribution in [3.63, 3.8) is 0 Å². The van der Waals surface area contributed by atoms with E-state index in [4.69, 9.17) is 4.74 Å². The molecule has 2 nitrogen and oxygen atoms in total. The van der Waals surface area contributed by atoms with Gasteiger partial charge in [0.1, 0.15) is 0 Å². The van der Waals surface area contributed by atoms with Crippen LogP contribution >= 0.6 is 0 Å². The summed E-state index contributed by atoms with van der Waals surface area (Å²) in [6.45, 7) is 6.05. The summed E-state index contributed by atoms with van der Waals surface area (Å²) >= 11 is 0. The van der Waals surface area contributed by atoms with Crippen LogP contribution in [0.25, 0.3) is 0 Å². The largest absolute Gasteiger partial charge is 0.390 e. The van der Waals surface area contributed by atoms with Gasteiger partial charge in [0.05, 0.1) is 17.8 Å². The second-order valence-electron chi connectivity index (χ2n) is 3.69. The standard InChI is InChI=1S/C8H16O2/c1-6-7(9)4-5-8(2,3)10-6/h6-7,9H,4-5H2,1-3H3. The van der Waals surface area contributed by atoms with Crippen LogP contribution in [-0.4, -0.2) is 22.9 Å². The maximum Gasteiger partial charge on any atom is 0.0813 e. The summed E-state index contributed by atoms with van der Waals surface area (Å²) in [5.41, 5.74) is -0.0291. The number of ether oxygens (including phenoxy) is 1. The molecule has 0 amide bonds. The molecule has 60 valence electrons. The van der Waals surface area contributed by atoms with Crippen LogP contribution in [0.15, 0.2) is 0 Å². The Bertz CT molecular complexity index is 120. The number of rotatable bonds is 0. The molecule has 0 aliphatic carbocycles. The first-order valence-electron chi connectivity index (χ1n) is 3.87. The first-order chi connectivity index (χ1) is 4.51. The molecule has 1 heterocycles. The second-order valence-corrected chi connectivity index (χ2v) is 3.69. The summed E-state index contributed by atoms with van der Waals surface area (Å²) in [6, 6.07) is 0. The zero-order valence-electron chi connectivity index (χ0n) is 6.92. The van der Waals surface area contributed by atoms with Crippen LogP contribution in [0.4, 0.5) is 0 Å². The summed E-state index contributed by atoms with van der Waals surface area (Å²) in [7, 11) is 0. The van der Waals surface area contributed by atoms with E-state index in [2.05, 4.69) is 13.8 Å². The minimum atomic E-state index is -0.256. The summed E-state index contributed by atoms with van der Waals surface area (Å²) in [5.74, 6) is 0. The zero-order valence-corrected chi connectivity index (χ0v) is 6.92. The van der Waals surface area contributed by atoms with Crippen LogP contribution in [0, 0.1) is 0 Å². The van der Waals surface area contributed by atoms with Gasteiger partial charge in [-0.15, -0.1) is 0 Å². The molecule has 1 aliphatic heterocycles. The van der Waals surface area contributed by atoms with E-state index in [9.17, 15) is 5.11 Å². The van der Waals surface area contributed by atoms with Gasteiger partial charge < -0.3 is 9.84 Å². The average molecular weight is 144 g/mol. The Labute approximate surface area is 62.2 Å². The van der Waals surface area contributed by atoms with Crippen LogP contribution in [0.1, 0.15) is 33.6 Å². The Morgan fingerprint density at radius 3 is 2.50 bits per heavy atom. The van der Waals surface area contributed by atoms with Gasteiger partial charge >= 0.3 is 0 Å². The minimum Gasteiger partial charge on any atom is -0.390 e. The molecule has 0 aromatic carbocycles. The molecule has 0 radical (unpaired) electrons. The average Bonchev–Trinajstić information content (AvgIpc) is 1.79. The lowest BCUT2D eigenvalue weighted by Crippen LogP contribution is -2.42. The fourth-order valence-electron chi connectivity index (χ4n) is 1.37. The van der Waals surface area contributed by atoms with Gasteiger partial charge in [-0.3, -0.25) is 0 Å². The molecule has 2 heteroatoms. The smallest absolute Gasteiger partial charge is 0.0813 e. The van der Waals surface area contributed by atoms with Crippen LogP contribution in [0.3, 0.4) is 0 Å². The number of hydrogen-bond acceptors (Lipinski definition) is 2. The molecular formula is C8H16O2. The third-order valence-electron chi connectivity index (χ3n) is 2.09. The Morgan fingerprint density at radius 1 is 1.50 bits per heavy atom. The van der Waals surface area contributed by atoms with Crippen LogP contribution in [0.5, 0.6) is 0 Å². The van der Waals surface area contributed by atoms with Crippen molar-refractivity contribution in [3.05, 3.63) is 0 Å². The van der Waals surface area contributed by atoms with Crippen molar-refractivity contribution in [2.75, 3.05) is 0 Å². The molecule has 0 aromatic rings. The Hall–Kier alpha value is -0.0800. The van der Waals surface area contributed by atoms with Crippen molar-refractivity contribution in [2.24, 2.45) is 0 Å². The topological polar surface area (TPSA) is 29.5 Å². The van der Waals surface area contributed by atoms with E-state index in [1.807, 2.05) is 6.92 Å². The van der Waals surface area contributed by atoms with Gasteiger partial charge in [0, 0.05) is 0 Å². The fraction of sp³-hybridized carbons (Fsp3) is 1.00. The van der Waals surface area contributed by atoms with E-state index in [0.29, 0.717) is 0 Å². The first kappa shape index (κ1) is 8.02. The highest BCUT2D eigenvalue weighted by molar-refractivity contribution is 4.81. The highest BCUT2D eigenvalue weighted by Gasteiger charge is 2.31. The van der Waals surface area contributed by atoms with Crippen molar-refractivity contribution >= 4 is 0 Å². The van der Waals surface area contributed by atoms with E-state index >= 15 is 0 Å². The Morgan fingerprint density at radius 2 is 2.10 bits per heavy atom. The van der Waals surface area contributed by atoms with Crippen molar-refractivity contribution < 1.29 is 9.84 Å². The van der Waals surface area contributed by atoms with Gasteiger partial charge in [0.15, 0.2) is 0 Å².